The Morgan fingerprint density at radius 1 is 1.44 bits per heavy atom. The molecule has 0 saturated carbocycles. The van der Waals surface area contributed by atoms with Crippen molar-refractivity contribution < 1.29 is 14.6 Å². The van der Waals surface area contributed by atoms with Crippen molar-refractivity contribution in [1.29, 1.82) is 0 Å². The van der Waals surface area contributed by atoms with Gasteiger partial charge in [-0.05, 0) is 24.5 Å². The van der Waals surface area contributed by atoms with Gasteiger partial charge < -0.3 is 15.2 Å². The van der Waals surface area contributed by atoms with Gasteiger partial charge in [0.1, 0.15) is 0 Å². The Bertz CT molecular complexity index is 379. The summed E-state index contributed by atoms with van der Waals surface area (Å²) >= 11 is 0. The molecule has 4 heteroatoms. The van der Waals surface area contributed by atoms with E-state index >= 15 is 0 Å². The number of aliphatic hydroxyl groups is 1. The summed E-state index contributed by atoms with van der Waals surface area (Å²) in [5.41, 5.74) is 1.51. The predicted octanol–water partition coefficient (Wildman–Crippen LogP) is 1.72. The zero-order valence-electron chi connectivity index (χ0n) is 11.0. The minimum absolute atomic E-state index is 0.0121. The SMILES string of the molecule is CCC(CCO)NC(=O)c1ccccc1COC. The second-order valence-electron chi connectivity index (χ2n) is 4.18. The van der Waals surface area contributed by atoms with Crippen LogP contribution in [0.2, 0.25) is 0 Å². The third-order valence-corrected chi connectivity index (χ3v) is 2.87. The number of hydrogen-bond acceptors (Lipinski definition) is 3. The zero-order valence-corrected chi connectivity index (χ0v) is 11.0. The summed E-state index contributed by atoms with van der Waals surface area (Å²) in [6.45, 7) is 2.49. The van der Waals surface area contributed by atoms with E-state index in [0.717, 1.165) is 12.0 Å². The minimum Gasteiger partial charge on any atom is -0.396 e. The third-order valence-electron chi connectivity index (χ3n) is 2.87. The molecule has 0 radical (unpaired) electrons. The maximum atomic E-state index is 12.1. The molecule has 1 aromatic carbocycles. The van der Waals surface area contributed by atoms with E-state index in [1.165, 1.54) is 0 Å². The van der Waals surface area contributed by atoms with Crippen LogP contribution in [0.15, 0.2) is 24.3 Å². The number of aliphatic hydroxyl groups excluding tert-OH is 1. The van der Waals surface area contributed by atoms with Gasteiger partial charge in [0, 0.05) is 25.3 Å². The molecule has 0 aliphatic heterocycles. The number of methoxy groups -OCH3 is 1. The standard InChI is InChI=1S/C14H21NO3/c1-3-12(8-9-16)15-14(17)13-7-5-4-6-11(13)10-18-2/h4-7,12,16H,3,8-10H2,1-2H3,(H,15,17). The number of carbonyl (C=O) groups is 1. The van der Waals surface area contributed by atoms with E-state index < -0.39 is 0 Å². The van der Waals surface area contributed by atoms with Crippen molar-refractivity contribution in [3.63, 3.8) is 0 Å². The van der Waals surface area contributed by atoms with Crippen molar-refractivity contribution in [3.8, 4) is 0 Å². The van der Waals surface area contributed by atoms with Crippen LogP contribution in [0.4, 0.5) is 0 Å². The topological polar surface area (TPSA) is 58.6 Å². The van der Waals surface area contributed by atoms with E-state index in [1.54, 1.807) is 13.2 Å². The number of benzene rings is 1. The average molecular weight is 251 g/mol. The van der Waals surface area contributed by atoms with Gasteiger partial charge in [-0.15, -0.1) is 0 Å². The Hall–Kier alpha value is -1.39. The summed E-state index contributed by atoms with van der Waals surface area (Å²) in [6.07, 6.45) is 1.38. The minimum atomic E-state index is -0.108. The lowest BCUT2D eigenvalue weighted by Gasteiger charge is -2.17. The molecule has 0 fully saturated rings. The van der Waals surface area contributed by atoms with Crippen molar-refractivity contribution in [3.05, 3.63) is 35.4 Å². The van der Waals surface area contributed by atoms with Crippen molar-refractivity contribution in [1.82, 2.24) is 5.32 Å². The predicted molar refractivity (Wildman–Crippen MR) is 70.4 cm³/mol. The number of ether oxygens (including phenoxy) is 1. The molecule has 0 bridgehead atoms. The van der Waals surface area contributed by atoms with Crippen LogP contribution in [-0.2, 0) is 11.3 Å². The molecule has 1 rings (SSSR count). The van der Waals surface area contributed by atoms with Gasteiger partial charge in [0.2, 0.25) is 0 Å². The monoisotopic (exact) mass is 251 g/mol. The number of amides is 1. The fourth-order valence-corrected chi connectivity index (χ4v) is 1.82. The quantitative estimate of drug-likeness (QED) is 0.776. The Morgan fingerprint density at radius 3 is 2.78 bits per heavy atom. The van der Waals surface area contributed by atoms with E-state index in [2.05, 4.69) is 5.32 Å². The first-order valence-electron chi connectivity index (χ1n) is 6.21. The summed E-state index contributed by atoms with van der Waals surface area (Å²) in [7, 11) is 1.61. The van der Waals surface area contributed by atoms with Gasteiger partial charge in [0.05, 0.1) is 6.61 Å². The van der Waals surface area contributed by atoms with Crippen LogP contribution < -0.4 is 5.32 Å². The van der Waals surface area contributed by atoms with Crippen LogP contribution in [-0.4, -0.2) is 30.8 Å². The highest BCUT2D eigenvalue weighted by atomic mass is 16.5. The van der Waals surface area contributed by atoms with E-state index in [9.17, 15) is 4.79 Å². The van der Waals surface area contributed by atoms with E-state index in [4.69, 9.17) is 9.84 Å². The lowest BCUT2D eigenvalue weighted by atomic mass is 10.1. The summed E-state index contributed by atoms with van der Waals surface area (Å²) in [6, 6.07) is 7.40. The van der Waals surface area contributed by atoms with Crippen LogP contribution in [0, 0.1) is 0 Å². The van der Waals surface area contributed by atoms with Gasteiger partial charge in [-0.25, -0.2) is 0 Å². The highest BCUT2D eigenvalue weighted by Crippen LogP contribution is 2.11. The second kappa shape index (κ2) is 7.84. The Balaban J connectivity index is 2.76. The fraction of sp³-hybridized carbons (Fsp3) is 0.500. The molecule has 0 saturated heterocycles. The first-order valence-corrected chi connectivity index (χ1v) is 6.21. The number of hydrogen-bond donors (Lipinski definition) is 2. The number of rotatable bonds is 7. The molecule has 1 amide bonds. The lowest BCUT2D eigenvalue weighted by Crippen LogP contribution is -2.35. The second-order valence-corrected chi connectivity index (χ2v) is 4.18. The molecule has 4 nitrogen and oxygen atoms in total. The molecular weight excluding hydrogens is 230 g/mol. The maximum Gasteiger partial charge on any atom is 0.251 e. The van der Waals surface area contributed by atoms with Gasteiger partial charge in [0.15, 0.2) is 0 Å². The molecule has 100 valence electrons. The van der Waals surface area contributed by atoms with Crippen LogP contribution in [0.1, 0.15) is 35.7 Å². The molecular formula is C14H21NO3. The van der Waals surface area contributed by atoms with Gasteiger partial charge in [-0.2, -0.15) is 0 Å². The van der Waals surface area contributed by atoms with E-state index in [1.807, 2.05) is 25.1 Å². The van der Waals surface area contributed by atoms with Crippen molar-refractivity contribution in [2.24, 2.45) is 0 Å². The van der Waals surface area contributed by atoms with E-state index in [-0.39, 0.29) is 18.6 Å². The fourth-order valence-electron chi connectivity index (χ4n) is 1.82. The molecule has 0 aliphatic carbocycles. The summed E-state index contributed by atoms with van der Waals surface area (Å²) < 4.78 is 5.08. The molecule has 18 heavy (non-hydrogen) atoms. The zero-order chi connectivity index (χ0) is 13.4. The Labute approximate surface area is 108 Å². The average Bonchev–Trinajstić information content (AvgIpc) is 2.39. The number of nitrogens with one attached hydrogen (secondary N) is 1. The first kappa shape index (κ1) is 14.7. The highest BCUT2D eigenvalue weighted by Gasteiger charge is 2.14. The Morgan fingerprint density at radius 2 is 2.17 bits per heavy atom. The smallest absolute Gasteiger partial charge is 0.251 e. The molecule has 0 spiro atoms. The van der Waals surface area contributed by atoms with Gasteiger partial charge in [0.25, 0.3) is 5.91 Å². The van der Waals surface area contributed by atoms with Gasteiger partial charge in [-0.3, -0.25) is 4.79 Å². The molecule has 1 atom stereocenters. The number of carbonyl (C=O) groups excluding carboxylic acids is 1. The molecule has 0 heterocycles. The van der Waals surface area contributed by atoms with Crippen LogP contribution in [0.5, 0.6) is 0 Å². The van der Waals surface area contributed by atoms with Gasteiger partial charge >= 0.3 is 0 Å². The lowest BCUT2D eigenvalue weighted by molar-refractivity contribution is 0.0924. The van der Waals surface area contributed by atoms with Crippen LogP contribution >= 0.6 is 0 Å². The molecule has 0 aromatic heterocycles. The molecule has 0 aliphatic rings. The van der Waals surface area contributed by atoms with Crippen molar-refractivity contribution >= 4 is 5.91 Å². The van der Waals surface area contributed by atoms with Crippen molar-refractivity contribution in [2.45, 2.75) is 32.4 Å². The maximum absolute atomic E-state index is 12.1. The highest BCUT2D eigenvalue weighted by molar-refractivity contribution is 5.95. The van der Waals surface area contributed by atoms with Crippen molar-refractivity contribution in [2.75, 3.05) is 13.7 Å². The van der Waals surface area contributed by atoms with Crippen LogP contribution in [0.3, 0.4) is 0 Å². The largest absolute Gasteiger partial charge is 0.396 e. The molecule has 1 unspecified atom stereocenters. The van der Waals surface area contributed by atoms with Crippen LogP contribution in [0.25, 0.3) is 0 Å². The Kier molecular flexibility index (Phi) is 6.39. The van der Waals surface area contributed by atoms with E-state index in [0.29, 0.717) is 18.6 Å². The first-order chi connectivity index (χ1) is 8.72. The third kappa shape index (κ3) is 4.13. The summed E-state index contributed by atoms with van der Waals surface area (Å²) in [5, 5.41) is 11.8. The normalized spacial score (nSPS) is 12.2. The molecule has 2 N–H and O–H groups in total. The van der Waals surface area contributed by atoms with Gasteiger partial charge in [-0.1, -0.05) is 25.1 Å². The molecule has 1 aromatic rings. The summed E-state index contributed by atoms with van der Waals surface area (Å²) in [5.74, 6) is -0.108. The summed E-state index contributed by atoms with van der Waals surface area (Å²) in [4.78, 5) is 12.1.